The van der Waals surface area contributed by atoms with Gasteiger partial charge < -0.3 is 10.3 Å². The Labute approximate surface area is 100 Å². The third-order valence-electron chi connectivity index (χ3n) is 2.79. The van der Waals surface area contributed by atoms with E-state index in [1.54, 1.807) is 12.4 Å². The van der Waals surface area contributed by atoms with Crippen molar-refractivity contribution >= 4 is 0 Å². The molecule has 0 aliphatic rings. The molecule has 0 aliphatic carbocycles. The van der Waals surface area contributed by atoms with Gasteiger partial charge in [0.15, 0.2) is 0 Å². The van der Waals surface area contributed by atoms with Crippen LogP contribution in [-0.2, 0) is 0 Å². The number of rotatable bonds is 3. The first kappa shape index (κ1) is 11.4. The van der Waals surface area contributed by atoms with E-state index in [9.17, 15) is 0 Å². The van der Waals surface area contributed by atoms with E-state index in [-0.39, 0.29) is 6.04 Å². The number of hydrogen-bond acceptors (Lipinski definition) is 3. The number of hydrogen-bond donors (Lipinski definition) is 1. The van der Waals surface area contributed by atoms with Crippen LogP contribution >= 0.6 is 0 Å². The van der Waals surface area contributed by atoms with E-state index in [0.717, 1.165) is 5.56 Å². The Morgan fingerprint density at radius 3 is 2.71 bits per heavy atom. The van der Waals surface area contributed by atoms with Crippen molar-refractivity contribution in [1.82, 2.24) is 9.55 Å². The lowest BCUT2D eigenvalue weighted by molar-refractivity contribution is 0.587. The average Bonchev–Trinajstić information content (AvgIpc) is 2.81. The Balaban J connectivity index is 2.41. The number of nitriles is 1. The molecule has 1 aromatic heterocycles. The highest BCUT2D eigenvalue weighted by Crippen LogP contribution is 2.19. The average molecular weight is 226 g/mol. The molecule has 0 radical (unpaired) electrons. The van der Waals surface area contributed by atoms with Gasteiger partial charge in [-0.3, -0.25) is 0 Å². The third kappa shape index (κ3) is 2.19. The molecule has 2 rings (SSSR count). The van der Waals surface area contributed by atoms with Crippen LogP contribution in [0.5, 0.6) is 0 Å². The molecule has 0 fully saturated rings. The largest absolute Gasteiger partial charge is 0.328 e. The standard InChI is InChI=1S/C13H14N4/c1-10-2-4-11(5-3-10)12(8-14)17-7-6-16-13(17)9-15/h2-7,12H,8,14H2,1H3. The number of benzene rings is 1. The van der Waals surface area contributed by atoms with Crippen LogP contribution in [0.1, 0.15) is 23.0 Å². The van der Waals surface area contributed by atoms with Crippen LogP contribution in [0.15, 0.2) is 36.7 Å². The van der Waals surface area contributed by atoms with Crippen LogP contribution in [0.4, 0.5) is 0 Å². The third-order valence-corrected chi connectivity index (χ3v) is 2.79. The van der Waals surface area contributed by atoms with E-state index in [0.29, 0.717) is 12.4 Å². The first-order valence-corrected chi connectivity index (χ1v) is 5.46. The van der Waals surface area contributed by atoms with Gasteiger partial charge in [-0.1, -0.05) is 29.8 Å². The fourth-order valence-corrected chi connectivity index (χ4v) is 1.85. The lowest BCUT2D eigenvalue weighted by Crippen LogP contribution is -2.21. The minimum absolute atomic E-state index is 0.0345. The molecular formula is C13H14N4. The highest BCUT2D eigenvalue weighted by atomic mass is 15.1. The minimum Gasteiger partial charge on any atom is -0.328 e. The molecular weight excluding hydrogens is 212 g/mol. The smallest absolute Gasteiger partial charge is 0.213 e. The van der Waals surface area contributed by atoms with Crippen molar-refractivity contribution in [3.05, 3.63) is 53.6 Å². The van der Waals surface area contributed by atoms with Crippen LogP contribution in [-0.4, -0.2) is 16.1 Å². The Hall–Kier alpha value is -2.12. The molecule has 0 amide bonds. The maximum absolute atomic E-state index is 8.97. The summed E-state index contributed by atoms with van der Waals surface area (Å²) in [6.07, 6.45) is 3.41. The van der Waals surface area contributed by atoms with Crippen molar-refractivity contribution in [2.24, 2.45) is 5.73 Å². The van der Waals surface area contributed by atoms with Gasteiger partial charge in [0, 0.05) is 18.9 Å². The Kier molecular flexibility index (Phi) is 3.22. The zero-order valence-electron chi connectivity index (χ0n) is 9.67. The molecule has 1 atom stereocenters. The van der Waals surface area contributed by atoms with Crippen molar-refractivity contribution in [2.45, 2.75) is 13.0 Å². The second-order valence-corrected chi connectivity index (χ2v) is 3.93. The lowest BCUT2D eigenvalue weighted by Gasteiger charge is -2.17. The quantitative estimate of drug-likeness (QED) is 0.864. The number of aryl methyl sites for hydroxylation is 1. The first-order chi connectivity index (χ1) is 8.26. The van der Waals surface area contributed by atoms with Crippen LogP contribution in [0.25, 0.3) is 0 Å². The molecule has 86 valence electrons. The van der Waals surface area contributed by atoms with E-state index in [1.165, 1.54) is 5.56 Å². The normalized spacial score (nSPS) is 12.1. The van der Waals surface area contributed by atoms with Crippen LogP contribution in [0.2, 0.25) is 0 Å². The molecule has 0 saturated heterocycles. The van der Waals surface area contributed by atoms with Gasteiger partial charge in [-0.2, -0.15) is 5.26 Å². The summed E-state index contributed by atoms with van der Waals surface area (Å²) < 4.78 is 1.81. The molecule has 4 heteroatoms. The van der Waals surface area contributed by atoms with Crippen LogP contribution in [0.3, 0.4) is 0 Å². The van der Waals surface area contributed by atoms with Gasteiger partial charge in [-0.05, 0) is 12.5 Å². The van der Waals surface area contributed by atoms with Crippen molar-refractivity contribution < 1.29 is 0 Å². The zero-order valence-corrected chi connectivity index (χ0v) is 9.67. The van der Waals surface area contributed by atoms with Gasteiger partial charge in [0.05, 0.1) is 6.04 Å². The van der Waals surface area contributed by atoms with Crippen molar-refractivity contribution in [1.29, 1.82) is 5.26 Å². The minimum atomic E-state index is -0.0345. The highest BCUT2D eigenvalue weighted by Gasteiger charge is 2.14. The molecule has 4 nitrogen and oxygen atoms in total. The van der Waals surface area contributed by atoms with E-state index in [1.807, 2.05) is 35.8 Å². The van der Waals surface area contributed by atoms with E-state index in [4.69, 9.17) is 11.0 Å². The fraction of sp³-hybridized carbons (Fsp3) is 0.231. The Morgan fingerprint density at radius 1 is 1.41 bits per heavy atom. The summed E-state index contributed by atoms with van der Waals surface area (Å²) >= 11 is 0. The molecule has 17 heavy (non-hydrogen) atoms. The van der Waals surface area contributed by atoms with Crippen molar-refractivity contribution in [3.63, 3.8) is 0 Å². The summed E-state index contributed by atoms with van der Waals surface area (Å²) in [6, 6.07) is 10.2. The topological polar surface area (TPSA) is 67.6 Å². The monoisotopic (exact) mass is 226 g/mol. The summed E-state index contributed by atoms with van der Waals surface area (Å²) in [5.41, 5.74) is 8.09. The molecule has 1 unspecified atom stereocenters. The lowest BCUT2D eigenvalue weighted by atomic mass is 10.1. The molecule has 0 saturated carbocycles. The van der Waals surface area contributed by atoms with E-state index < -0.39 is 0 Å². The number of nitrogens with zero attached hydrogens (tertiary/aromatic N) is 3. The molecule has 0 aliphatic heterocycles. The second-order valence-electron chi connectivity index (χ2n) is 3.93. The fourth-order valence-electron chi connectivity index (χ4n) is 1.85. The zero-order chi connectivity index (χ0) is 12.3. The summed E-state index contributed by atoms with van der Waals surface area (Å²) in [4.78, 5) is 3.99. The summed E-state index contributed by atoms with van der Waals surface area (Å²) in [5, 5.41) is 8.97. The maximum Gasteiger partial charge on any atom is 0.213 e. The van der Waals surface area contributed by atoms with Gasteiger partial charge in [-0.15, -0.1) is 0 Å². The first-order valence-electron chi connectivity index (χ1n) is 5.46. The molecule has 2 aromatic rings. The SMILES string of the molecule is Cc1ccc(C(CN)n2ccnc2C#N)cc1. The Bertz CT molecular complexity index is 533. The molecule has 1 aromatic carbocycles. The van der Waals surface area contributed by atoms with Gasteiger partial charge in [0.2, 0.25) is 5.82 Å². The van der Waals surface area contributed by atoms with Crippen molar-refractivity contribution in [3.8, 4) is 6.07 Å². The molecule has 0 bridgehead atoms. The molecule has 0 spiro atoms. The summed E-state index contributed by atoms with van der Waals surface area (Å²) in [7, 11) is 0. The number of aromatic nitrogens is 2. The number of imidazole rings is 1. The second kappa shape index (κ2) is 4.81. The predicted octanol–water partition coefficient (Wildman–Crippen LogP) is 1.61. The maximum atomic E-state index is 8.97. The number of nitrogens with two attached hydrogens (primary N) is 1. The van der Waals surface area contributed by atoms with Gasteiger partial charge in [0.25, 0.3) is 0 Å². The molecule has 1 heterocycles. The summed E-state index contributed by atoms with van der Waals surface area (Å²) in [6.45, 7) is 2.48. The highest BCUT2D eigenvalue weighted by molar-refractivity contribution is 5.27. The Morgan fingerprint density at radius 2 is 2.12 bits per heavy atom. The van der Waals surface area contributed by atoms with E-state index >= 15 is 0 Å². The van der Waals surface area contributed by atoms with Crippen LogP contribution in [0, 0.1) is 18.3 Å². The predicted molar refractivity (Wildman–Crippen MR) is 65.3 cm³/mol. The van der Waals surface area contributed by atoms with Crippen LogP contribution < -0.4 is 5.73 Å². The molecule has 2 N–H and O–H groups in total. The van der Waals surface area contributed by atoms with Crippen molar-refractivity contribution in [2.75, 3.05) is 6.54 Å². The van der Waals surface area contributed by atoms with Gasteiger partial charge >= 0.3 is 0 Å². The van der Waals surface area contributed by atoms with E-state index in [2.05, 4.69) is 11.1 Å². The van der Waals surface area contributed by atoms with Gasteiger partial charge in [-0.25, -0.2) is 4.98 Å². The van der Waals surface area contributed by atoms with Gasteiger partial charge in [0.1, 0.15) is 6.07 Å². The summed E-state index contributed by atoms with van der Waals surface area (Å²) in [5.74, 6) is 0.390.